The van der Waals surface area contributed by atoms with Crippen molar-refractivity contribution < 1.29 is 4.39 Å². The van der Waals surface area contributed by atoms with Crippen LogP contribution in [0, 0.1) is 12.7 Å². The molecule has 0 aliphatic rings. The minimum absolute atomic E-state index is 0.269. The summed E-state index contributed by atoms with van der Waals surface area (Å²) >= 11 is 0. The zero-order valence-corrected chi connectivity index (χ0v) is 8.44. The summed E-state index contributed by atoms with van der Waals surface area (Å²) in [5.74, 6) is -0.269. The van der Waals surface area contributed by atoms with E-state index in [1.54, 1.807) is 16.8 Å². The maximum atomic E-state index is 13.0. The second-order valence-corrected chi connectivity index (χ2v) is 3.37. The van der Waals surface area contributed by atoms with E-state index in [1.807, 2.05) is 13.1 Å². The van der Waals surface area contributed by atoms with Gasteiger partial charge in [-0.3, -0.25) is 0 Å². The lowest BCUT2D eigenvalue weighted by atomic mass is 10.3. The highest BCUT2D eigenvalue weighted by Gasteiger charge is 2.04. The summed E-state index contributed by atoms with van der Waals surface area (Å²) < 4.78 is 14.6. The predicted molar refractivity (Wildman–Crippen MR) is 56.2 cm³/mol. The summed E-state index contributed by atoms with van der Waals surface area (Å²) in [6.07, 6.45) is 1.82. The molecule has 1 aromatic carbocycles. The van der Waals surface area contributed by atoms with E-state index in [0.717, 1.165) is 11.3 Å². The molecule has 0 fully saturated rings. The number of aryl methyl sites for hydroxylation is 1. The van der Waals surface area contributed by atoms with Gasteiger partial charge in [-0.1, -0.05) is 6.07 Å². The van der Waals surface area contributed by atoms with Gasteiger partial charge in [0, 0.05) is 18.3 Å². The van der Waals surface area contributed by atoms with Gasteiger partial charge >= 0.3 is 0 Å². The first-order valence-corrected chi connectivity index (χ1v) is 4.72. The molecular weight excluding hydrogens is 193 g/mol. The summed E-state index contributed by atoms with van der Waals surface area (Å²) in [7, 11) is 0. The van der Waals surface area contributed by atoms with Crippen LogP contribution in [0.2, 0.25) is 0 Å². The zero-order valence-electron chi connectivity index (χ0n) is 8.44. The van der Waals surface area contributed by atoms with Crippen LogP contribution in [-0.4, -0.2) is 9.78 Å². The van der Waals surface area contributed by atoms with Crippen LogP contribution in [0.25, 0.3) is 5.69 Å². The molecule has 15 heavy (non-hydrogen) atoms. The van der Waals surface area contributed by atoms with Crippen molar-refractivity contribution in [2.24, 2.45) is 5.73 Å². The molecule has 0 unspecified atom stereocenters. The van der Waals surface area contributed by atoms with Gasteiger partial charge in [0.1, 0.15) is 5.82 Å². The molecule has 0 saturated carbocycles. The molecule has 0 radical (unpaired) electrons. The Hall–Kier alpha value is -1.68. The molecular formula is C11H12FN3. The first kappa shape index (κ1) is 9.86. The molecule has 78 valence electrons. The van der Waals surface area contributed by atoms with Gasteiger partial charge in [-0.25, -0.2) is 9.07 Å². The fourth-order valence-electron chi connectivity index (χ4n) is 1.45. The average molecular weight is 205 g/mol. The molecule has 2 N–H and O–H groups in total. The second kappa shape index (κ2) is 3.82. The van der Waals surface area contributed by atoms with Crippen molar-refractivity contribution in [3.05, 3.63) is 47.5 Å². The normalized spacial score (nSPS) is 10.6. The lowest BCUT2D eigenvalue weighted by molar-refractivity contribution is 0.625. The Morgan fingerprint density at radius 3 is 2.87 bits per heavy atom. The topological polar surface area (TPSA) is 43.8 Å². The summed E-state index contributed by atoms with van der Waals surface area (Å²) in [6, 6.07) is 6.30. The lowest BCUT2D eigenvalue weighted by Gasteiger charge is -1.99. The van der Waals surface area contributed by atoms with Gasteiger partial charge in [-0.15, -0.1) is 0 Å². The van der Waals surface area contributed by atoms with Crippen molar-refractivity contribution in [1.82, 2.24) is 9.78 Å². The average Bonchev–Trinajstić information content (AvgIpc) is 2.60. The first-order valence-electron chi connectivity index (χ1n) is 4.72. The molecule has 0 spiro atoms. The van der Waals surface area contributed by atoms with Crippen molar-refractivity contribution >= 4 is 0 Å². The number of aromatic nitrogens is 2. The van der Waals surface area contributed by atoms with E-state index in [2.05, 4.69) is 5.10 Å². The van der Waals surface area contributed by atoms with Crippen LogP contribution >= 0.6 is 0 Å². The van der Waals surface area contributed by atoms with Crippen LogP contribution in [0.5, 0.6) is 0 Å². The molecule has 3 nitrogen and oxygen atoms in total. The Labute approximate surface area is 87.3 Å². The molecule has 0 aliphatic heterocycles. The van der Waals surface area contributed by atoms with Gasteiger partial charge in [-0.2, -0.15) is 5.10 Å². The maximum absolute atomic E-state index is 13.0. The minimum atomic E-state index is -0.269. The van der Waals surface area contributed by atoms with Crippen LogP contribution in [0.3, 0.4) is 0 Å². The summed E-state index contributed by atoms with van der Waals surface area (Å²) in [4.78, 5) is 0. The van der Waals surface area contributed by atoms with E-state index in [4.69, 9.17) is 5.73 Å². The summed E-state index contributed by atoms with van der Waals surface area (Å²) in [5.41, 5.74) is 8.10. The SMILES string of the molecule is Cc1nn(-c2cccc(F)c2)cc1CN. The number of hydrogen-bond donors (Lipinski definition) is 1. The highest BCUT2D eigenvalue weighted by atomic mass is 19.1. The fourth-order valence-corrected chi connectivity index (χ4v) is 1.45. The lowest BCUT2D eigenvalue weighted by Crippen LogP contribution is -1.96. The third-order valence-corrected chi connectivity index (χ3v) is 2.29. The molecule has 1 heterocycles. The Kier molecular flexibility index (Phi) is 2.51. The van der Waals surface area contributed by atoms with E-state index in [1.165, 1.54) is 12.1 Å². The number of nitrogens with zero attached hydrogens (tertiary/aromatic N) is 2. The fraction of sp³-hybridized carbons (Fsp3) is 0.182. The number of nitrogens with two attached hydrogens (primary N) is 1. The van der Waals surface area contributed by atoms with Crippen LogP contribution < -0.4 is 5.73 Å². The van der Waals surface area contributed by atoms with Gasteiger partial charge in [0.15, 0.2) is 0 Å². The van der Waals surface area contributed by atoms with Crippen molar-refractivity contribution in [2.75, 3.05) is 0 Å². The van der Waals surface area contributed by atoms with Crippen molar-refractivity contribution in [2.45, 2.75) is 13.5 Å². The van der Waals surface area contributed by atoms with E-state index in [-0.39, 0.29) is 5.82 Å². The highest BCUT2D eigenvalue weighted by molar-refractivity contribution is 5.33. The standard InChI is InChI=1S/C11H12FN3/c1-8-9(6-13)7-15(14-8)11-4-2-3-10(12)5-11/h2-5,7H,6,13H2,1H3. The number of rotatable bonds is 2. The summed E-state index contributed by atoms with van der Waals surface area (Å²) in [6.45, 7) is 2.33. The van der Waals surface area contributed by atoms with Gasteiger partial charge < -0.3 is 5.73 Å². The molecule has 0 bridgehead atoms. The quantitative estimate of drug-likeness (QED) is 0.812. The third kappa shape index (κ3) is 1.89. The monoisotopic (exact) mass is 205 g/mol. The van der Waals surface area contributed by atoms with E-state index in [9.17, 15) is 4.39 Å². The summed E-state index contributed by atoms with van der Waals surface area (Å²) in [5, 5.41) is 4.26. The molecule has 0 atom stereocenters. The van der Waals surface area contributed by atoms with Crippen molar-refractivity contribution in [3.8, 4) is 5.69 Å². The molecule has 1 aromatic heterocycles. The van der Waals surface area contributed by atoms with Gasteiger partial charge in [-0.05, 0) is 25.1 Å². The Morgan fingerprint density at radius 2 is 2.27 bits per heavy atom. The van der Waals surface area contributed by atoms with Gasteiger partial charge in [0.05, 0.1) is 11.4 Å². The van der Waals surface area contributed by atoms with E-state index < -0.39 is 0 Å². The maximum Gasteiger partial charge on any atom is 0.125 e. The molecule has 4 heteroatoms. The Balaban J connectivity index is 2.45. The van der Waals surface area contributed by atoms with Crippen molar-refractivity contribution in [1.29, 1.82) is 0 Å². The van der Waals surface area contributed by atoms with Gasteiger partial charge in [0.25, 0.3) is 0 Å². The smallest absolute Gasteiger partial charge is 0.125 e. The number of benzene rings is 1. The second-order valence-electron chi connectivity index (χ2n) is 3.37. The number of hydrogen-bond acceptors (Lipinski definition) is 2. The molecule has 0 aliphatic carbocycles. The molecule has 2 aromatic rings. The van der Waals surface area contributed by atoms with Crippen molar-refractivity contribution in [3.63, 3.8) is 0 Å². The van der Waals surface area contributed by atoms with Crippen LogP contribution in [-0.2, 0) is 6.54 Å². The van der Waals surface area contributed by atoms with E-state index in [0.29, 0.717) is 12.2 Å². The molecule has 0 saturated heterocycles. The Bertz CT molecular complexity index is 476. The predicted octanol–water partition coefficient (Wildman–Crippen LogP) is 1.78. The number of halogens is 1. The zero-order chi connectivity index (χ0) is 10.8. The molecule has 2 rings (SSSR count). The van der Waals surface area contributed by atoms with E-state index >= 15 is 0 Å². The third-order valence-electron chi connectivity index (χ3n) is 2.29. The van der Waals surface area contributed by atoms with Crippen LogP contribution in [0.4, 0.5) is 4.39 Å². The minimum Gasteiger partial charge on any atom is -0.326 e. The van der Waals surface area contributed by atoms with Crippen LogP contribution in [0.1, 0.15) is 11.3 Å². The largest absolute Gasteiger partial charge is 0.326 e. The van der Waals surface area contributed by atoms with Gasteiger partial charge in [0.2, 0.25) is 0 Å². The first-order chi connectivity index (χ1) is 7.20. The Morgan fingerprint density at radius 1 is 1.47 bits per heavy atom. The van der Waals surface area contributed by atoms with Crippen LogP contribution in [0.15, 0.2) is 30.5 Å². The molecule has 0 amide bonds. The highest BCUT2D eigenvalue weighted by Crippen LogP contribution is 2.12.